The fourth-order valence-corrected chi connectivity index (χ4v) is 2.02. The molecule has 0 saturated heterocycles. The first-order valence-corrected chi connectivity index (χ1v) is 6.35. The third kappa shape index (κ3) is 2.95. The molecule has 0 aliphatic heterocycles. The van der Waals surface area contributed by atoms with E-state index in [9.17, 15) is 4.79 Å². The van der Waals surface area contributed by atoms with Crippen LogP contribution in [0.15, 0.2) is 42.8 Å². The van der Waals surface area contributed by atoms with Gasteiger partial charge in [-0.2, -0.15) is 0 Å². The van der Waals surface area contributed by atoms with Crippen molar-refractivity contribution in [1.29, 1.82) is 0 Å². The number of rotatable bonds is 4. The number of hydrogen-bond acceptors (Lipinski definition) is 4. The maximum Gasteiger partial charge on any atom is 0.229 e. The molecular weight excluding hydrogens is 254 g/mol. The van der Waals surface area contributed by atoms with E-state index in [1.807, 2.05) is 12.2 Å². The van der Waals surface area contributed by atoms with Gasteiger partial charge >= 0.3 is 0 Å². The summed E-state index contributed by atoms with van der Waals surface area (Å²) in [6.45, 7) is 5.11. The smallest absolute Gasteiger partial charge is 0.229 e. The lowest BCUT2D eigenvalue weighted by Gasteiger charge is -2.11. The average Bonchev–Trinajstić information content (AvgIpc) is 2.89. The number of imidazole rings is 1. The molecule has 0 aromatic carbocycles. The van der Waals surface area contributed by atoms with Gasteiger partial charge in [0.15, 0.2) is 0 Å². The molecule has 1 aliphatic rings. The van der Waals surface area contributed by atoms with Crippen LogP contribution in [0, 0.1) is 0 Å². The maximum absolute atomic E-state index is 11.6. The van der Waals surface area contributed by atoms with Crippen LogP contribution in [0.1, 0.15) is 36.1 Å². The number of nitrogens with one attached hydrogen (secondary N) is 1. The summed E-state index contributed by atoms with van der Waals surface area (Å²) in [6, 6.07) is 0. The Hall–Kier alpha value is -2.40. The van der Waals surface area contributed by atoms with E-state index in [0.29, 0.717) is 12.2 Å². The average molecular weight is 271 g/mol. The SMILES string of the molecule is C=C/C=C\c1nc(C2=CC=C(NO)CC2)cn1C(C)=O. The van der Waals surface area contributed by atoms with Crippen LogP contribution < -0.4 is 5.48 Å². The zero-order chi connectivity index (χ0) is 14.5. The Bertz CT molecular complexity index is 621. The van der Waals surface area contributed by atoms with Crippen LogP contribution in [0.5, 0.6) is 0 Å². The summed E-state index contributed by atoms with van der Waals surface area (Å²) >= 11 is 0. The van der Waals surface area contributed by atoms with Crippen molar-refractivity contribution in [3.05, 3.63) is 54.3 Å². The molecule has 20 heavy (non-hydrogen) atoms. The van der Waals surface area contributed by atoms with Crippen molar-refractivity contribution in [2.45, 2.75) is 19.8 Å². The van der Waals surface area contributed by atoms with Crippen molar-refractivity contribution in [2.24, 2.45) is 0 Å². The van der Waals surface area contributed by atoms with Crippen LogP contribution in [-0.4, -0.2) is 20.7 Å². The molecule has 0 amide bonds. The molecule has 2 rings (SSSR count). The van der Waals surface area contributed by atoms with Crippen LogP contribution in [0.2, 0.25) is 0 Å². The van der Waals surface area contributed by atoms with E-state index in [4.69, 9.17) is 5.21 Å². The first-order chi connectivity index (χ1) is 9.65. The molecule has 0 spiro atoms. The quantitative estimate of drug-likeness (QED) is 0.652. The second kappa shape index (κ2) is 6.16. The third-order valence-electron chi connectivity index (χ3n) is 3.08. The fourth-order valence-electron chi connectivity index (χ4n) is 2.02. The molecule has 1 heterocycles. The lowest BCUT2D eigenvalue weighted by atomic mass is 10.0. The molecule has 0 unspecified atom stereocenters. The molecule has 1 aromatic heterocycles. The second-order valence-corrected chi connectivity index (χ2v) is 4.46. The molecule has 5 heteroatoms. The molecule has 1 aliphatic carbocycles. The molecule has 104 valence electrons. The van der Waals surface area contributed by atoms with Gasteiger partial charge in [0.25, 0.3) is 0 Å². The maximum atomic E-state index is 11.6. The van der Waals surface area contributed by atoms with Gasteiger partial charge in [0.2, 0.25) is 5.91 Å². The van der Waals surface area contributed by atoms with E-state index in [0.717, 1.165) is 23.4 Å². The number of allylic oxidation sites excluding steroid dienone is 6. The van der Waals surface area contributed by atoms with Crippen molar-refractivity contribution in [3.8, 4) is 0 Å². The van der Waals surface area contributed by atoms with Crippen LogP contribution >= 0.6 is 0 Å². The van der Waals surface area contributed by atoms with E-state index in [1.165, 1.54) is 11.5 Å². The first-order valence-electron chi connectivity index (χ1n) is 6.35. The summed E-state index contributed by atoms with van der Waals surface area (Å²) in [5.41, 5.74) is 4.74. The minimum Gasteiger partial charge on any atom is -0.291 e. The normalized spacial score (nSPS) is 14.9. The second-order valence-electron chi connectivity index (χ2n) is 4.46. The van der Waals surface area contributed by atoms with Crippen molar-refractivity contribution >= 4 is 17.6 Å². The number of nitrogens with zero attached hydrogens (tertiary/aromatic N) is 2. The zero-order valence-corrected chi connectivity index (χ0v) is 11.3. The Kier molecular flexibility index (Phi) is 4.32. The first kappa shape index (κ1) is 14.0. The zero-order valence-electron chi connectivity index (χ0n) is 11.3. The van der Waals surface area contributed by atoms with Crippen molar-refractivity contribution in [3.63, 3.8) is 0 Å². The lowest BCUT2D eigenvalue weighted by molar-refractivity contribution is 0.0935. The van der Waals surface area contributed by atoms with E-state index < -0.39 is 0 Å². The summed E-state index contributed by atoms with van der Waals surface area (Å²) in [5.74, 6) is 0.500. The van der Waals surface area contributed by atoms with E-state index in [2.05, 4.69) is 17.0 Å². The lowest BCUT2D eigenvalue weighted by Crippen LogP contribution is -2.08. The minimum absolute atomic E-state index is 0.0860. The highest BCUT2D eigenvalue weighted by atomic mass is 16.5. The molecule has 2 N–H and O–H groups in total. The summed E-state index contributed by atoms with van der Waals surface area (Å²) in [4.78, 5) is 16.1. The van der Waals surface area contributed by atoms with E-state index in [1.54, 1.807) is 24.4 Å². The van der Waals surface area contributed by atoms with Crippen molar-refractivity contribution in [1.82, 2.24) is 15.0 Å². The van der Waals surface area contributed by atoms with Gasteiger partial charge in [0, 0.05) is 18.8 Å². The van der Waals surface area contributed by atoms with Crippen molar-refractivity contribution in [2.75, 3.05) is 0 Å². The Morgan fingerprint density at radius 3 is 2.85 bits per heavy atom. The predicted octanol–water partition coefficient (Wildman–Crippen LogP) is 2.78. The Labute approximate surface area is 117 Å². The number of hydroxylamine groups is 1. The standard InChI is InChI=1S/C15H17N3O2/c1-3-4-5-15-16-14(10-18(15)11(2)19)12-6-8-13(17-20)9-7-12/h3-6,8,10,17,20H,1,7,9H2,2H3/b5-4-. The van der Waals surface area contributed by atoms with Gasteiger partial charge in [0.1, 0.15) is 5.82 Å². The topological polar surface area (TPSA) is 67.2 Å². The summed E-state index contributed by atoms with van der Waals surface area (Å²) in [6.07, 6.45) is 12.1. The third-order valence-corrected chi connectivity index (χ3v) is 3.08. The largest absolute Gasteiger partial charge is 0.291 e. The summed E-state index contributed by atoms with van der Waals surface area (Å²) in [7, 11) is 0. The molecule has 0 bridgehead atoms. The molecule has 1 aromatic rings. The highest BCUT2D eigenvalue weighted by Gasteiger charge is 2.14. The number of carbonyl (C=O) groups excluding carboxylic acids is 1. The molecule has 5 nitrogen and oxygen atoms in total. The Morgan fingerprint density at radius 2 is 2.30 bits per heavy atom. The van der Waals surface area contributed by atoms with Gasteiger partial charge in [-0.1, -0.05) is 24.8 Å². The van der Waals surface area contributed by atoms with Gasteiger partial charge in [-0.3, -0.25) is 20.0 Å². The van der Waals surface area contributed by atoms with E-state index in [-0.39, 0.29) is 5.91 Å². The molecule has 0 radical (unpaired) electrons. The molecule has 0 saturated carbocycles. The summed E-state index contributed by atoms with van der Waals surface area (Å²) in [5, 5.41) is 8.84. The number of carbonyl (C=O) groups is 1. The minimum atomic E-state index is -0.0860. The summed E-state index contributed by atoms with van der Waals surface area (Å²) < 4.78 is 1.51. The molecule has 0 fully saturated rings. The predicted molar refractivity (Wildman–Crippen MR) is 78.0 cm³/mol. The Balaban J connectivity index is 2.36. The number of hydrogen-bond donors (Lipinski definition) is 2. The molecule has 0 atom stereocenters. The van der Waals surface area contributed by atoms with Gasteiger partial charge in [-0.15, -0.1) is 0 Å². The fraction of sp³-hybridized carbons (Fsp3) is 0.200. The highest BCUT2D eigenvalue weighted by molar-refractivity contribution is 5.80. The van der Waals surface area contributed by atoms with Crippen LogP contribution in [0.3, 0.4) is 0 Å². The van der Waals surface area contributed by atoms with E-state index >= 15 is 0 Å². The van der Waals surface area contributed by atoms with Gasteiger partial charge < -0.3 is 0 Å². The van der Waals surface area contributed by atoms with Crippen LogP contribution in [0.4, 0.5) is 0 Å². The Morgan fingerprint density at radius 1 is 1.50 bits per heavy atom. The van der Waals surface area contributed by atoms with Gasteiger partial charge in [0.05, 0.1) is 5.69 Å². The highest BCUT2D eigenvalue weighted by Crippen LogP contribution is 2.25. The molecular formula is C15H17N3O2. The van der Waals surface area contributed by atoms with Crippen molar-refractivity contribution < 1.29 is 10.0 Å². The van der Waals surface area contributed by atoms with Gasteiger partial charge in [-0.25, -0.2) is 4.98 Å². The van der Waals surface area contributed by atoms with Gasteiger partial charge in [-0.05, 0) is 30.6 Å². The number of aromatic nitrogens is 2. The monoisotopic (exact) mass is 271 g/mol. The van der Waals surface area contributed by atoms with Crippen LogP contribution in [-0.2, 0) is 0 Å². The van der Waals surface area contributed by atoms with Crippen LogP contribution in [0.25, 0.3) is 11.6 Å².